The van der Waals surface area contributed by atoms with E-state index in [2.05, 4.69) is 20.2 Å². The Morgan fingerprint density at radius 2 is 2.13 bits per heavy atom. The Hall–Kier alpha value is -2.52. The number of fused-ring (bicyclic) bond motifs is 1. The molecule has 1 amide bonds. The van der Waals surface area contributed by atoms with Gasteiger partial charge in [-0.3, -0.25) is 19.1 Å². The number of carbonyl (C=O) groups is 1. The van der Waals surface area contributed by atoms with Gasteiger partial charge < -0.3 is 15.0 Å². The van der Waals surface area contributed by atoms with E-state index in [9.17, 15) is 9.59 Å². The topological polar surface area (TPSA) is 92.6 Å². The maximum atomic E-state index is 13.1. The van der Waals surface area contributed by atoms with Gasteiger partial charge in [-0.05, 0) is 44.9 Å². The molecular formula is C22H32N6O3. The van der Waals surface area contributed by atoms with Crippen molar-refractivity contribution in [1.29, 1.82) is 0 Å². The number of amides is 1. The van der Waals surface area contributed by atoms with Gasteiger partial charge in [-0.15, -0.1) is 0 Å². The number of nitrogens with one attached hydrogen (secondary N) is 1. The van der Waals surface area contributed by atoms with Crippen LogP contribution >= 0.6 is 0 Å². The molecule has 1 N–H and O–H groups in total. The van der Waals surface area contributed by atoms with Crippen LogP contribution in [0.5, 0.6) is 0 Å². The standard InChI is InChI=1S/C22H32N6O3/c1-2-28-19-18(7-3-8-23-19)25-20(22(28)30)27-11-4-6-17(16-27)21(29)24-9-5-10-26-12-14-31-15-13-26/h3,7-8,17H,2,4-6,9-16H2,1H3,(H,24,29)/t17-/m1/s1. The minimum atomic E-state index is -0.139. The minimum Gasteiger partial charge on any atom is -0.379 e. The number of rotatable bonds is 7. The second kappa shape index (κ2) is 10.2. The Morgan fingerprint density at radius 3 is 2.94 bits per heavy atom. The predicted molar refractivity (Wildman–Crippen MR) is 119 cm³/mol. The quantitative estimate of drug-likeness (QED) is 0.654. The Morgan fingerprint density at radius 1 is 1.29 bits per heavy atom. The van der Waals surface area contributed by atoms with Crippen LogP contribution in [0.25, 0.3) is 11.2 Å². The van der Waals surface area contributed by atoms with Gasteiger partial charge in [-0.25, -0.2) is 9.97 Å². The van der Waals surface area contributed by atoms with Crippen molar-refractivity contribution in [3.8, 4) is 0 Å². The molecule has 0 spiro atoms. The molecule has 168 valence electrons. The molecule has 31 heavy (non-hydrogen) atoms. The van der Waals surface area contributed by atoms with E-state index in [1.54, 1.807) is 10.8 Å². The molecule has 2 aromatic rings. The van der Waals surface area contributed by atoms with Gasteiger partial charge in [-0.2, -0.15) is 0 Å². The van der Waals surface area contributed by atoms with E-state index >= 15 is 0 Å². The van der Waals surface area contributed by atoms with Crippen molar-refractivity contribution in [3.05, 3.63) is 28.7 Å². The van der Waals surface area contributed by atoms with Crippen LogP contribution < -0.4 is 15.8 Å². The van der Waals surface area contributed by atoms with Gasteiger partial charge in [0.1, 0.15) is 5.52 Å². The molecule has 4 heterocycles. The number of nitrogens with zero attached hydrogens (tertiary/aromatic N) is 5. The number of ether oxygens (including phenoxy) is 1. The molecule has 2 aromatic heterocycles. The predicted octanol–water partition coefficient (Wildman–Crippen LogP) is 0.866. The number of morpholine rings is 1. The normalized spacial score (nSPS) is 20.2. The molecule has 2 aliphatic rings. The number of piperidine rings is 1. The lowest BCUT2D eigenvalue weighted by Crippen LogP contribution is -2.46. The first-order valence-electron chi connectivity index (χ1n) is 11.4. The lowest BCUT2D eigenvalue weighted by molar-refractivity contribution is -0.125. The van der Waals surface area contributed by atoms with Gasteiger partial charge in [0.05, 0.1) is 19.1 Å². The highest BCUT2D eigenvalue weighted by molar-refractivity contribution is 5.79. The zero-order valence-corrected chi connectivity index (χ0v) is 18.3. The van der Waals surface area contributed by atoms with Crippen LogP contribution in [0.3, 0.4) is 0 Å². The summed E-state index contributed by atoms with van der Waals surface area (Å²) in [5.74, 6) is 0.370. The molecule has 4 rings (SSSR count). The average Bonchev–Trinajstić information content (AvgIpc) is 2.82. The van der Waals surface area contributed by atoms with Crippen LogP contribution in [0.15, 0.2) is 23.1 Å². The highest BCUT2D eigenvalue weighted by atomic mass is 16.5. The SMILES string of the molecule is CCn1c(=O)c(N2CCC[C@@H](C(=O)NCCCN3CCOCC3)C2)nc2cccnc21. The fraction of sp³-hybridized carbons (Fsp3) is 0.636. The summed E-state index contributed by atoms with van der Waals surface area (Å²) in [4.78, 5) is 39.1. The van der Waals surface area contributed by atoms with Crippen molar-refractivity contribution in [2.75, 3.05) is 57.4 Å². The second-order valence-electron chi connectivity index (χ2n) is 8.21. The van der Waals surface area contributed by atoms with E-state index in [0.717, 1.165) is 58.7 Å². The maximum absolute atomic E-state index is 13.1. The van der Waals surface area contributed by atoms with Crippen LogP contribution in [0, 0.1) is 5.92 Å². The summed E-state index contributed by atoms with van der Waals surface area (Å²) in [6.07, 6.45) is 4.31. The van der Waals surface area contributed by atoms with Gasteiger partial charge in [-0.1, -0.05) is 0 Å². The Balaban J connectivity index is 1.37. The van der Waals surface area contributed by atoms with Crippen LogP contribution in [0.4, 0.5) is 5.82 Å². The molecule has 0 aromatic carbocycles. The number of hydrogen-bond acceptors (Lipinski definition) is 7. The number of carbonyl (C=O) groups excluding carboxylic acids is 1. The maximum Gasteiger partial charge on any atom is 0.295 e. The molecule has 2 aliphatic heterocycles. The third kappa shape index (κ3) is 5.04. The lowest BCUT2D eigenvalue weighted by atomic mass is 9.97. The summed E-state index contributed by atoms with van der Waals surface area (Å²) < 4.78 is 7.03. The summed E-state index contributed by atoms with van der Waals surface area (Å²) in [7, 11) is 0. The lowest BCUT2D eigenvalue weighted by Gasteiger charge is -2.32. The van der Waals surface area contributed by atoms with Crippen LogP contribution in [-0.2, 0) is 16.1 Å². The van der Waals surface area contributed by atoms with Crippen LogP contribution in [0.2, 0.25) is 0 Å². The van der Waals surface area contributed by atoms with E-state index in [4.69, 9.17) is 4.74 Å². The summed E-state index contributed by atoms with van der Waals surface area (Å²) in [5, 5.41) is 3.09. The monoisotopic (exact) mass is 428 g/mol. The smallest absolute Gasteiger partial charge is 0.295 e. The number of anilines is 1. The summed E-state index contributed by atoms with van der Waals surface area (Å²) in [6.45, 7) is 8.90. The Kier molecular flexibility index (Phi) is 7.14. The Bertz CT molecular complexity index is 956. The summed E-state index contributed by atoms with van der Waals surface area (Å²) in [5.41, 5.74) is 1.17. The molecule has 2 fully saturated rings. The van der Waals surface area contributed by atoms with Crippen molar-refractivity contribution in [2.45, 2.75) is 32.7 Å². The molecule has 0 saturated carbocycles. The molecule has 9 heteroatoms. The van der Waals surface area contributed by atoms with Crippen LogP contribution in [-0.4, -0.2) is 77.8 Å². The fourth-order valence-electron chi connectivity index (χ4n) is 4.43. The fourth-order valence-corrected chi connectivity index (χ4v) is 4.43. The zero-order chi connectivity index (χ0) is 21.6. The molecule has 0 bridgehead atoms. The molecule has 0 radical (unpaired) electrons. The molecule has 9 nitrogen and oxygen atoms in total. The van der Waals surface area contributed by atoms with Crippen molar-refractivity contribution in [2.24, 2.45) is 5.92 Å². The molecule has 2 saturated heterocycles. The third-order valence-corrected chi connectivity index (χ3v) is 6.15. The van der Waals surface area contributed by atoms with E-state index in [1.807, 2.05) is 24.0 Å². The van der Waals surface area contributed by atoms with E-state index in [-0.39, 0.29) is 17.4 Å². The van der Waals surface area contributed by atoms with Gasteiger partial charge in [0.15, 0.2) is 11.5 Å². The van der Waals surface area contributed by atoms with Crippen molar-refractivity contribution in [1.82, 2.24) is 24.8 Å². The van der Waals surface area contributed by atoms with E-state index in [1.165, 1.54) is 0 Å². The number of aryl methyl sites for hydroxylation is 1. The number of hydrogen-bond donors (Lipinski definition) is 1. The van der Waals surface area contributed by atoms with Crippen molar-refractivity contribution in [3.63, 3.8) is 0 Å². The average molecular weight is 429 g/mol. The highest BCUT2D eigenvalue weighted by Crippen LogP contribution is 2.21. The van der Waals surface area contributed by atoms with E-state index in [0.29, 0.717) is 36.6 Å². The summed E-state index contributed by atoms with van der Waals surface area (Å²) >= 11 is 0. The molecular weight excluding hydrogens is 396 g/mol. The highest BCUT2D eigenvalue weighted by Gasteiger charge is 2.28. The first-order chi connectivity index (χ1) is 15.2. The second-order valence-corrected chi connectivity index (χ2v) is 8.21. The largest absolute Gasteiger partial charge is 0.379 e. The van der Waals surface area contributed by atoms with Gasteiger partial charge >= 0.3 is 0 Å². The Labute approximate surface area is 182 Å². The summed E-state index contributed by atoms with van der Waals surface area (Å²) in [6, 6.07) is 3.70. The third-order valence-electron chi connectivity index (χ3n) is 6.15. The first kappa shape index (κ1) is 21.7. The molecule has 1 atom stereocenters. The molecule has 0 unspecified atom stereocenters. The van der Waals surface area contributed by atoms with Gasteiger partial charge in [0.25, 0.3) is 5.56 Å². The number of pyridine rings is 1. The van der Waals surface area contributed by atoms with Gasteiger partial charge in [0, 0.05) is 45.5 Å². The number of aromatic nitrogens is 3. The van der Waals surface area contributed by atoms with Crippen molar-refractivity contribution < 1.29 is 9.53 Å². The first-order valence-corrected chi connectivity index (χ1v) is 11.4. The molecule has 0 aliphatic carbocycles. The van der Waals surface area contributed by atoms with E-state index < -0.39 is 0 Å². The van der Waals surface area contributed by atoms with Crippen molar-refractivity contribution >= 4 is 22.9 Å². The zero-order valence-electron chi connectivity index (χ0n) is 18.3. The van der Waals surface area contributed by atoms with Crippen LogP contribution in [0.1, 0.15) is 26.2 Å². The minimum absolute atomic E-state index is 0.0740. The van der Waals surface area contributed by atoms with Gasteiger partial charge in [0.2, 0.25) is 5.91 Å².